The molecule has 0 heterocycles. The van der Waals surface area contributed by atoms with Gasteiger partial charge in [0.15, 0.2) is 0 Å². The van der Waals surface area contributed by atoms with E-state index in [0.717, 1.165) is 5.56 Å². The van der Waals surface area contributed by atoms with Gasteiger partial charge in [-0.2, -0.15) is 0 Å². The van der Waals surface area contributed by atoms with Crippen molar-refractivity contribution in [1.29, 1.82) is 0 Å². The van der Waals surface area contributed by atoms with E-state index in [9.17, 15) is 4.79 Å². The summed E-state index contributed by atoms with van der Waals surface area (Å²) in [4.78, 5) is 11.6. The quantitative estimate of drug-likeness (QED) is 0.866. The molecule has 3 N–H and O–H groups in total. The van der Waals surface area contributed by atoms with Crippen LogP contribution >= 0.6 is 12.4 Å². The van der Waals surface area contributed by atoms with Crippen LogP contribution in [0.4, 0.5) is 0 Å². The number of nitrogens with two attached hydrogens (primary N) is 1. The molecule has 1 aromatic rings. The van der Waals surface area contributed by atoms with Crippen molar-refractivity contribution in [2.24, 2.45) is 11.7 Å². The van der Waals surface area contributed by atoms with Crippen LogP contribution in [-0.4, -0.2) is 11.9 Å². The molecule has 3 nitrogen and oxygen atoms in total. The van der Waals surface area contributed by atoms with Crippen LogP contribution in [0.5, 0.6) is 0 Å². The monoisotopic (exact) mass is 256 g/mol. The van der Waals surface area contributed by atoms with Crippen molar-refractivity contribution in [3.8, 4) is 0 Å². The minimum absolute atomic E-state index is 0. The minimum atomic E-state index is -0.426. The Labute approximate surface area is 109 Å². The first-order valence-corrected chi connectivity index (χ1v) is 5.59. The Kier molecular flexibility index (Phi) is 6.85. The molecule has 96 valence electrons. The molecule has 0 aromatic heterocycles. The molecule has 0 saturated carbocycles. The van der Waals surface area contributed by atoms with E-state index in [1.807, 2.05) is 39.0 Å². The van der Waals surface area contributed by atoms with Crippen molar-refractivity contribution < 1.29 is 4.79 Å². The van der Waals surface area contributed by atoms with E-state index in [1.165, 1.54) is 5.56 Å². The van der Waals surface area contributed by atoms with Gasteiger partial charge < -0.3 is 11.1 Å². The summed E-state index contributed by atoms with van der Waals surface area (Å²) in [5.74, 6) is 0.0778. The number of amides is 1. The first-order valence-electron chi connectivity index (χ1n) is 5.59. The predicted molar refractivity (Wildman–Crippen MR) is 73.1 cm³/mol. The van der Waals surface area contributed by atoms with Crippen molar-refractivity contribution in [3.63, 3.8) is 0 Å². The molecule has 0 fully saturated rings. The fraction of sp³-hybridized carbons (Fsp3) is 0.462. The minimum Gasteiger partial charge on any atom is -0.351 e. The normalized spacial score (nSPS) is 11.8. The van der Waals surface area contributed by atoms with E-state index >= 15 is 0 Å². The van der Waals surface area contributed by atoms with Gasteiger partial charge in [0.05, 0.1) is 6.04 Å². The fourth-order valence-corrected chi connectivity index (χ4v) is 1.43. The van der Waals surface area contributed by atoms with Gasteiger partial charge in [0.2, 0.25) is 5.91 Å². The van der Waals surface area contributed by atoms with Crippen LogP contribution in [0.1, 0.15) is 25.0 Å². The molecular formula is C13H21ClN2O. The molecule has 0 unspecified atom stereocenters. The highest BCUT2D eigenvalue weighted by atomic mass is 35.5. The first-order chi connectivity index (χ1) is 7.50. The molecule has 1 aromatic carbocycles. The number of nitrogens with one attached hydrogen (secondary N) is 1. The molecular weight excluding hydrogens is 236 g/mol. The lowest BCUT2D eigenvalue weighted by atomic mass is 10.0. The number of carbonyl (C=O) groups is 1. The van der Waals surface area contributed by atoms with Crippen LogP contribution in [-0.2, 0) is 11.3 Å². The van der Waals surface area contributed by atoms with Crippen molar-refractivity contribution in [3.05, 3.63) is 35.4 Å². The van der Waals surface area contributed by atoms with Crippen LogP contribution in [0.15, 0.2) is 24.3 Å². The highest BCUT2D eigenvalue weighted by Gasteiger charge is 2.16. The van der Waals surface area contributed by atoms with E-state index in [1.54, 1.807) is 0 Å². The Morgan fingerprint density at radius 3 is 2.59 bits per heavy atom. The van der Waals surface area contributed by atoms with Gasteiger partial charge in [0, 0.05) is 6.54 Å². The van der Waals surface area contributed by atoms with Gasteiger partial charge in [0.25, 0.3) is 0 Å². The van der Waals surface area contributed by atoms with E-state index < -0.39 is 6.04 Å². The van der Waals surface area contributed by atoms with Crippen molar-refractivity contribution in [2.75, 3.05) is 0 Å². The number of rotatable bonds is 4. The van der Waals surface area contributed by atoms with Crippen LogP contribution in [0.2, 0.25) is 0 Å². The lowest BCUT2D eigenvalue weighted by Gasteiger charge is -2.15. The lowest BCUT2D eigenvalue weighted by molar-refractivity contribution is -0.123. The second-order valence-electron chi connectivity index (χ2n) is 4.48. The third-order valence-corrected chi connectivity index (χ3v) is 2.57. The largest absolute Gasteiger partial charge is 0.351 e. The summed E-state index contributed by atoms with van der Waals surface area (Å²) in [6.45, 7) is 6.46. The maximum Gasteiger partial charge on any atom is 0.237 e. The maximum absolute atomic E-state index is 11.6. The first kappa shape index (κ1) is 15.9. The molecule has 1 atom stereocenters. The third kappa shape index (κ3) is 5.20. The molecule has 1 rings (SSSR count). The molecule has 0 aliphatic heterocycles. The molecule has 0 aliphatic carbocycles. The van der Waals surface area contributed by atoms with E-state index in [-0.39, 0.29) is 24.2 Å². The van der Waals surface area contributed by atoms with Gasteiger partial charge in [-0.15, -0.1) is 12.4 Å². The van der Waals surface area contributed by atoms with E-state index in [0.29, 0.717) is 6.54 Å². The zero-order chi connectivity index (χ0) is 12.1. The molecule has 0 aliphatic rings. The molecule has 17 heavy (non-hydrogen) atoms. The summed E-state index contributed by atoms with van der Waals surface area (Å²) in [7, 11) is 0. The highest BCUT2D eigenvalue weighted by Crippen LogP contribution is 2.04. The number of aryl methyl sites for hydroxylation is 1. The Morgan fingerprint density at radius 1 is 1.41 bits per heavy atom. The van der Waals surface area contributed by atoms with Crippen molar-refractivity contribution in [2.45, 2.75) is 33.4 Å². The molecule has 0 radical (unpaired) electrons. The fourth-order valence-electron chi connectivity index (χ4n) is 1.43. The summed E-state index contributed by atoms with van der Waals surface area (Å²) < 4.78 is 0. The summed E-state index contributed by atoms with van der Waals surface area (Å²) >= 11 is 0. The standard InChI is InChI=1S/C13H20N2O.ClH/c1-9(2)12(14)13(16)15-8-11-6-4-5-10(3)7-11;/h4-7,9,12H,8,14H2,1-3H3,(H,15,16);1H/t12-;/m1./s1. The number of halogens is 1. The highest BCUT2D eigenvalue weighted by molar-refractivity contribution is 5.85. The van der Waals surface area contributed by atoms with Gasteiger partial charge in [-0.1, -0.05) is 43.7 Å². The van der Waals surface area contributed by atoms with Gasteiger partial charge >= 0.3 is 0 Å². The number of carbonyl (C=O) groups excluding carboxylic acids is 1. The van der Waals surface area contributed by atoms with Gasteiger partial charge in [-0.25, -0.2) is 0 Å². The summed E-state index contributed by atoms with van der Waals surface area (Å²) in [5, 5.41) is 2.84. The summed E-state index contributed by atoms with van der Waals surface area (Å²) in [5.41, 5.74) is 8.04. The molecule has 1 amide bonds. The molecule has 4 heteroatoms. The van der Waals surface area contributed by atoms with E-state index in [4.69, 9.17) is 5.73 Å². The Morgan fingerprint density at radius 2 is 2.06 bits per heavy atom. The zero-order valence-corrected chi connectivity index (χ0v) is 11.4. The van der Waals surface area contributed by atoms with E-state index in [2.05, 4.69) is 11.4 Å². The number of hydrogen-bond donors (Lipinski definition) is 2. The average Bonchev–Trinajstić information content (AvgIpc) is 2.24. The lowest BCUT2D eigenvalue weighted by Crippen LogP contribution is -2.43. The Hall–Kier alpha value is -1.06. The van der Waals surface area contributed by atoms with Crippen LogP contribution in [0.3, 0.4) is 0 Å². The summed E-state index contributed by atoms with van der Waals surface area (Å²) in [6, 6.07) is 7.64. The molecule has 0 bridgehead atoms. The predicted octanol–water partition coefficient (Wildman–Crippen LogP) is 2.02. The van der Waals surface area contributed by atoms with Gasteiger partial charge in [-0.3, -0.25) is 4.79 Å². The van der Waals surface area contributed by atoms with Gasteiger partial charge in [-0.05, 0) is 18.4 Å². The molecule has 0 saturated heterocycles. The summed E-state index contributed by atoms with van der Waals surface area (Å²) in [6.07, 6.45) is 0. The SMILES string of the molecule is Cc1cccc(CNC(=O)[C@H](N)C(C)C)c1.Cl. The van der Waals surface area contributed by atoms with Crippen LogP contribution in [0.25, 0.3) is 0 Å². The number of hydrogen-bond acceptors (Lipinski definition) is 2. The Balaban J connectivity index is 0.00000256. The van der Waals surface area contributed by atoms with Gasteiger partial charge in [0.1, 0.15) is 0 Å². The topological polar surface area (TPSA) is 55.1 Å². The second-order valence-corrected chi connectivity index (χ2v) is 4.48. The van der Waals surface area contributed by atoms with Crippen LogP contribution < -0.4 is 11.1 Å². The van der Waals surface area contributed by atoms with Crippen molar-refractivity contribution in [1.82, 2.24) is 5.32 Å². The third-order valence-electron chi connectivity index (χ3n) is 2.57. The smallest absolute Gasteiger partial charge is 0.237 e. The Bertz CT molecular complexity index is 366. The second kappa shape index (κ2) is 7.30. The molecule has 0 spiro atoms. The van der Waals surface area contributed by atoms with Crippen LogP contribution in [0, 0.1) is 12.8 Å². The maximum atomic E-state index is 11.6. The zero-order valence-electron chi connectivity index (χ0n) is 10.6. The number of benzene rings is 1. The van der Waals surface area contributed by atoms with Crippen molar-refractivity contribution >= 4 is 18.3 Å². The average molecular weight is 257 g/mol.